The van der Waals surface area contributed by atoms with Gasteiger partial charge in [0.15, 0.2) is 0 Å². The van der Waals surface area contributed by atoms with Crippen LogP contribution in [0.25, 0.3) is 11.3 Å². The Morgan fingerprint density at radius 3 is 2.67 bits per heavy atom. The smallest absolute Gasteiger partial charge is 0.277 e. The van der Waals surface area contributed by atoms with E-state index in [4.69, 9.17) is 0 Å². The zero-order valence-corrected chi connectivity index (χ0v) is 8.54. The molecule has 0 aromatic carbocycles. The number of nitrogens with zero attached hydrogens (tertiary/aromatic N) is 1. The normalized spacial score (nSPS) is 12.0. The number of hydrogen-bond acceptors (Lipinski definition) is 2. The molecule has 0 bridgehead atoms. The van der Waals surface area contributed by atoms with Gasteiger partial charge in [0.05, 0.1) is 11.9 Å². The lowest BCUT2D eigenvalue weighted by Crippen LogP contribution is -2.05. The van der Waals surface area contributed by atoms with Crippen molar-refractivity contribution in [2.24, 2.45) is 0 Å². The lowest BCUT2D eigenvalue weighted by Gasteiger charge is -2.06. The van der Waals surface area contributed by atoms with Crippen molar-refractivity contribution in [3.8, 4) is 11.3 Å². The maximum absolute atomic E-state index is 12.5. The highest BCUT2D eigenvalue weighted by atomic mass is 32.1. The molecule has 0 amide bonds. The van der Waals surface area contributed by atoms with Gasteiger partial charge >= 0.3 is 6.18 Å². The largest absolute Gasteiger partial charge is 0.420 e. The molecule has 0 unspecified atom stereocenters. The molecule has 0 radical (unpaired) electrons. The Kier molecular flexibility index (Phi) is 2.30. The summed E-state index contributed by atoms with van der Waals surface area (Å²) in [5.74, 6) is 0. The Hall–Kier alpha value is -1.30. The van der Waals surface area contributed by atoms with Gasteiger partial charge in [0.2, 0.25) is 0 Å². The highest BCUT2D eigenvalue weighted by Crippen LogP contribution is 2.37. The van der Waals surface area contributed by atoms with E-state index in [0.717, 1.165) is 11.1 Å². The van der Waals surface area contributed by atoms with Gasteiger partial charge in [0.25, 0.3) is 0 Å². The van der Waals surface area contributed by atoms with Crippen molar-refractivity contribution in [3.05, 3.63) is 28.1 Å². The zero-order chi connectivity index (χ0) is 11.1. The molecule has 6 heteroatoms. The number of alkyl halides is 3. The van der Waals surface area contributed by atoms with Gasteiger partial charge in [-0.15, -0.1) is 11.3 Å². The third kappa shape index (κ3) is 1.77. The van der Waals surface area contributed by atoms with E-state index in [2.05, 4.69) is 10.2 Å². The number of H-pyrrole nitrogens is 1. The second-order valence-corrected chi connectivity index (χ2v) is 4.17. The molecule has 0 aliphatic carbocycles. The van der Waals surface area contributed by atoms with Crippen LogP contribution in [0.2, 0.25) is 0 Å². The molecule has 0 aliphatic heterocycles. The van der Waals surface area contributed by atoms with Crippen LogP contribution in [-0.2, 0) is 6.18 Å². The predicted molar refractivity (Wildman–Crippen MR) is 51.6 cm³/mol. The molecule has 2 aromatic rings. The summed E-state index contributed by atoms with van der Waals surface area (Å²) in [6.45, 7) is 1.78. The summed E-state index contributed by atoms with van der Waals surface area (Å²) >= 11 is 1.41. The standard InChI is InChI=1S/C9H7F3N2S/c1-5-6(2-3-15-5)8-7(4-13-14-8)9(10,11)12/h2-4H,1H3,(H,13,14). The molecular weight excluding hydrogens is 225 g/mol. The van der Waals surface area contributed by atoms with E-state index in [1.165, 1.54) is 11.3 Å². The van der Waals surface area contributed by atoms with E-state index in [0.29, 0.717) is 5.56 Å². The topological polar surface area (TPSA) is 28.7 Å². The molecule has 0 fully saturated rings. The van der Waals surface area contributed by atoms with Gasteiger partial charge in [-0.3, -0.25) is 5.10 Å². The van der Waals surface area contributed by atoms with Crippen molar-refractivity contribution in [1.29, 1.82) is 0 Å². The predicted octanol–water partition coefficient (Wildman–Crippen LogP) is 3.47. The molecule has 80 valence electrons. The summed E-state index contributed by atoms with van der Waals surface area (Å²) in [6.07, 6.45) is -3.55. The second-order valence-electron chi connectivity index (χ2n) is 3.05. The fourth-order valence-corrected chi connectivity index (χ4v) is 2.06. The van der Waals surface area contributed by atoms with Crippen molar-refractivity contribution in [1.82, 2.24) is 10.2 Å². The van der Waals surface area contributed by atoms with Gasteiger partial charge < -0.3 is 0 Å². The van der Waals surface area contributed by atoms with Gasteiger partial charge in [0.1, 0.15) is 5.56 Å². The number of rotatable bonds is 1. The molecular formula is C9H7F3N2S. The van der Waals surface area contributed by atoms with Gasteiger partial charge in [-0.2, -0.15) is 18.3 Å². The van der Waals surface area contributed by atoms with Crippen molar-refractivity contribution in [2.75, 3.05) is 0 Å². The lowest BCUT2D eigenvalue weighted by atomic mass is 10.1. The summed E-state index contributed by atoms with van der Waals surface area (Å²) in [5.41, 5.74) is -0.116. The fourth-order valence-electron chi connectivity index (χ4n) is 1.35. The first-order chi connectivity index (χ1) is 7.00. The molecule has 2 rings (SSSR count). The Morgan fingerprint density at radius 1 is 1.40 bits per heavy atom. The van der Waals surface area contributed by atoms with E-state index >= 15 is 0 Å². The summed E-state index contributed by atoms with van der Waals surface area (Å²) in [5, 5.41) is 7.59. The van der Waals surface area contributed by atoms with Crippen LogP contribution in [0.1, 0.15) is 10.4 Å². The summed E-state index contributed by atoms with van der Waals surface area (Å²) < 4.78 is 37.6. The third-order valence-electron chi connectivity index (χ3n) is 2.07. The second kappa shape index (κ2) is 3.37. The molecule has 2 nitrogen and oxygen atoms in total. The Balaban J connectivity index is 2.56. The van der Waals surface area contributed by atoms with E-state index < -0.39 is 11.7 Å². The summed E-state index contributed by atoms with van der Waals surface area (Å²) in [6, 6.07) is 1.66. The number of hydrogen-bond donors (Lipinski definition) is 1. The van der Waals surface area contributed by atoms with E-state index in [1.807, 2.05) is 0 Å². The quantitative estimate of drug-likeness (QED) is 0.801. The van der Waals surface area contributed by atoms with Crippen LogP contribution in [0.5, 0.6) is 0 Å². The van der Waals surface area contributed by atoms with Crippen LogP contribution in [0.4, 0.5) is 13.2 Å². The van der Waals surface area contributed by atoms with E-state index in [1.54, 1.807) is 18.4 Å². The Bertz CT molecular complexity index is 470. The molecule has 0 aliphatic rings. The minimum atomic E-state index is -4.36. The van der Waals surface area contributed by atoms with Crippen LogP contribution in [0.3, 0.4) is 0 Å². The third-order valence-corrected chi connectivity index (χ3v) is 2.92. The monoisotopic (exact) mass is 232 g/mol. The Morgan fingerprint density at radius 2 is 2.13 bits per heavy atom. The first kappa shape index (κ1) is 10.2. The minimum absolute atomic E-state index is 0.0428. The highest BCUT2D eigenvalue weighted by Gasteiger charge is 2.35. The first-order valence-corrected chi connectivity index (χ1v) is 5.03. The number of thiophene rings is 1. The van der Waals surface area contributed by atoms with Crippen molar-refractivity contribution < 1.29 is 13.2 Å². The molecule has 0 spiro atoms. The maximum atomic E-state index is 12.5. The van der Waals surface area contributed by atoms with Crippen molar-refractivity contribution >= 4 is 11.3 Å². The molecule has 0 saturated carbocycles. The molecule has 2 heterocycles. The first-order valence-electron chi connectivity index (χ1n) is 4.15. The highest BCUT2D eigenvalue weighted by molar-refractivity contribution is 7.10. The van der Waals surface area contributed by atoms with Crippen LogP contribution >= 0.6 is 11.3 Å². The zero-order valence-electron chi connectivity index (χ0n) is 7.72. The Labute approximate surface area is 87.8 Å². The van der Waals surface area contributed by atoms with Gasteiger partial charge in [-0.05, 0) is 18.4 Å². The van der Waals surface area contributed by atoms with Gasteiger partial charge in [-0.1, -0.05) is 0 Å². The average Bonchev–Trinajstić information content (AvgIpc) is 2.69. The number of aromatic nitrogens is 2. The number of aromatic amines is 1. The SMILES string of the molecule is Cc1sccc1-c1[nH]ncc1C(F)(F)F. The maximum Gasteiger partial charge on any atom is 0.420 e. The number of aryl methyl sites for hydroxylation is 1. The number of halogens is 3. The molecule has 0 saturated heterocycles. The molecule has 15 heavy (non-hydrogen) atoms. The average molecular weight is 232 g/mol. The van der Waals surface area contributed by atoms with E-state index in [-0.39, 0.29) is 5.69 Å². The van der Waals surface area contributed by atoms with Gasteiger partial charge in [-0.25, -0.2) is 0 Å². The minimum Gasteiger partial charge on any atom is -0.277 e. The summed E-state index contributed by atoms with van der Waals surface area (Å²) in [7, 11) is 0. The summed E-state index contributed by atoms with van der Waals surface area (Å²) in [4.78, 5) is 0.838. The van der Waals surface area contributed by atoms with Crippen LogP contribution in [0.15, 0.2) is 17.6 Å². The van der Waals surface area contributed by atoms with Crippen LogP contribution < -0.4 is 0 Å². The molecule has 2 aromatic heterocycles. The number of nitrogens with one attached hydrogen (secondary N) is 1. The van der Waals surface area contributed by atoms with E-state index in [9.17, 15) is 13.2 Å². The lowest BCUT2D eigenvalue weighted by molar-refractivity contribution is -0.137. The van der Waals surface area contributed by atoms with Crippen LogP contribution in [-0.4, -0.2) is 10.2 Å². The molecule has 0 atom stereocenters. The van der Waals surface area contributed by atoms with Gasteiger partial charge in [0, 0.05) is 10.4 Å². The molecule has 1 N–H and O–H groups in total. The van der Waals surface area contributed by atoms with Crippen LogP contribution in [0, 0.1) is 6.92 Å². The van der Waals surface area contributed by atoms with Crippen molar-refractivity contribution in [2.45, 2.75) is 13.1 Å². The van der Waals surface area contributed by atoms with Crippen molar-refractivity contribution in [3.63, 3.8) is 0 Å². The fraction of sp³-hybridized carbons (Fsp3) is 0.222.